The van der Waals surface area contributed by atoms with Crippen molar-refractivity contribution >= 4 is 22.8 Å². The van der Waals surface area contributed by atoms with Crippen molar-refractivity contribution in [2.24, 2.45) is 7.05 Å². The Kier molecular flexibility index (Phi) is 1.80. The average Bonchev–Trinajstić information content (AvgIpc) is 2.76. The molecule has 3 rings (SSSR count). The normalized spacial score (nSPS) is 11.4. The zero-order chi connectivity index (χ0) is 12.2. The Morgan fingerprint density at radius 1 is 1.29 bits per heavy atom. The maximum Gasteiger partial charge on any atom is 0.354 e. The summed E-state index contributed by atoms with van der Waals surface area (Å²) in [7, 11) is 1.88. The molecule has 0 aliphatic heterocycles. The molecule has 5 nitrogen and oxygen atoms in total. The number of aromatic nitrogens is 3. The second kappa shape index (κ2) is 3.10. The number of rotatable bonds is 1. The number of aromatic carboxylic acids is 1. The summed E-state index contributed by atoms with van der Waals surface area (Å²) in [6.07, 6.45) is 0. The Hall–Kier alpha value is -2.30. The lowest BCUT2D eigenvalue weighted by molar-refractivity contribution is 0.0689. The van der Waals surface area contributed by atoms with Gasteiger partial charge in [-0.1, -0.05) is 12.1 Å². The molecule has 0 bridgehead atoms. The van der Waals surface area contributed by atoms with Crippen molar-refractivity contribution in [3.05, 3.63) is 35.7 Å². The Labute approximate surface area is 96.9 Å². The molecule has 0 amide bonds. The first kappa shape index (κ1) is 9.89. The highest BCUT2D eigenvalue weighted by atomic mass is 16.4. The van der Waals surface area contributed by atoms with Crippen LogP contribution >= 0.6 is 0 Å². The van der Waals surface area contributed by atoms with Crippen LogP contribution in [0.15, 0.2) is 24.3 Å². The topological polar surface area (TPSA) is 59.5 Å². The Balaban J connectivity index is 2.62. The summed E-state index contributed by atoms with van der Waals surface area (Å²) in [5.74, 6) is -0.299. The van der Waals surface area contributed by atoms with E-state index in [4.69, 9.17) is 0 Å². The van der Waals surface area contributed by atoms with Crippen molar-refractivity contribution < 1.29 is 9.90 Å². The minimum absolute atomic E-state index is 0.233. The van der Waals surface area contributed by atoms with Gasteiger partial charge in [0.05, 0.1) is 16.7 Å². The van der Waals surface area contributed by atoms with Crippen molar-refractivity contribution in [1.82, 2.24) is 14.0 Å². The lowest BCUT2D eigenvalue weighted by Gasteiger charge is -1.96. The molecule has 2 aromatic heterocycles. The molecule has 3 aromatic rings. The van der Waals surface area contributed by atoms with Crippen molar-refractivity contribution in [3.8, 4) is 0 Å². The van der Waals surface area contributed by atoms with Gasteiger partial charge >= 0.3 is 5.97 Å². The fraction of sp³-hybridized carbons (Fsp3) is 0.167. The highest BCUT2D eigenvalue weighted by Crippen LogP contribution is 2.22. The van der Waals surface area contributed by atoms with E-state index in [1.807, 2.05) is 35.9 Å². The number of hydrogen-bond acceptors (Lipinski definition) is 2. The van der Waals surface area contributed by atoms with Crippen LogP contribution in [0, 0.1) is 6.92 Å². The number of carbonyl (C=O) groups is 1. The Morgan fingerprint density at radius 2 is 1.94 bits per heavy atom. The maximum absolute atomic E-state index is 11.3. The summed E-state index contributed by atoms with van der Waals surface area (Å²) in [6.45, 7) is 1.71. The molecule has 0 radical (unpaired) electrons. The first-order valence-electron chi connectivity index (χ1n) is 5.27. The molecule has 2 heterocycles. The van der Waals surface area contributed by atoms with Crippen LogP contribution in [-0.4, -0.2) is 25.0 Å². The largest absolute Gasteiger partial charge is 0.477 e. The second-order valence-electron chi connectivity index (χ2n) is 4.03. The lowest BCUT2D eigenvalue weighted by Crippen LogP contribution is -2.02. The van der Waals surface area contributed by atoms with E-state index in [2.05, 4.69) is 4.98 Å². The number of carboxylic acid groups (broad SMARTS) is 1. The molecule has 0 unspecified atom stereocenters. The molecule has 0 saturated carbocycles. The molecule has 1 N–H and O–H groups in total. The van der Waals surface area contributed by atoms with Gasteiger partial charge in [-0.05, 0) is 19.1 Å². The van der Waals surface area contributed by atoms with Crippen LogP contribution in [0.1, 0.15) is 16.2 Å². The van der Waals surface area contributed by atoms with Crippen LogP contribution in [0.3, 0.4) is 0 Å². The number of para-hydroxylation sites is 2. The summed E-state index contributed by atoms with van der Waals surface area (Å²) in [5, 5.41) is 9.25. The third-order valence-electron chi connectivity index (χ3n) is 3.02. The maximum atomic E-state index is 11.3. The van der Waals surface area contributed by atoms with Crippen molar-refractivity contribution in [3.63, 3.8) is 0 Å². The third-order valence-corrected chi connectivity index (χ3v) is 3.02. The molecule has 0 aliphatic carbocycles. The van der Waals surface area contributed by atoms with Crippen molar-refractivity contribution in [1.29, 1.82) is 0 Å². The molecular weight excluding hydrogens is 218 g/mol. The number of benzene rings is 1. The monoisotopic (exact) mass is 229 g/mol. The van der Waals surface area contributed by atoms with Gasteiger partial charge in [-0.15, -0.1) is 0 Å². The molecule has 1 aromatic carbocycles. The van der Waals surface area contributed by atoms with Gasteiger partial charge in [0.25, 0.3) is 0 Å². The van der Waals surface area contributed by atoms with Gasteiger partial charge in [-0.2, -0.15) is 0 Å². The fourth-order valence-electron chi connectivity index (χ4n) is 2.26. The highest BCUT2D eigenvalue weighted by Gasteiger charge is 2.20. The van der Waals surface area contributed by atoms with Gasteiger partial charge in [0.15, 0.2) is 5.69 Å². The van der Waals surface area contributed by atoms with Crippen molar-refractivity contribution in [2.45, 2.75) is 6.92 Å². The molecule has 17 heavy (non-hydrogen) atoms. The lowest BCUT2D eigenvalue weighted by atomic mass is 10.3. The molecule has 86 valence electrons. The van der Waals surface area contributed by atoms with E-state index in [-0.39, 0.29) is 5.69 Å². The van der Waals surface area contributed by atoms with E-state index in [9.17, 15) is 9.90 Å². The van der Waals surface area contributed by atoms with Gasteiger partial charge in [-0.25, -0.2) is 9.78 Å². The predicted octanol–water partition coefficient (Wildman–Crippen LogP) is 1.83. The summed E-state index contributed by atoms with van der Waals surface area (Å²) in [5.41, 5.74) is 2.60. The van der Waals surface area contributed by atoms with Crippen LogP contribution in [0.4, 0.5) is 0 Å². The zero-order valence-electron chi connectivity index (χ0n) is 9.51. The molecule has 0 spiro atoms. The van der Waals surface area contributed by atoms with E-state index >= 15 is 0 Å². The van der Waals surface area contributed by atoms with E-state index < -0.39 is 5.97 Å². The quantitative estimate of drug-likeness (QED) is 0.692. The van der Waals surface area contributed by atoms with E-state index in [1.165, 1.54) is 0 Å². The molecule has 0 atom stereocenters. The first-order chi connectivity index (χ1) is 8.11. The zero-order valence-corrected chi connectivity index (χ0v) is 9.51. The fourth-order valence-corrected chi connectivity index (χ4v) is 2.26. The Morgan fingerprint density at radius 3 is 2.59 bits per heavy atom. The van der Waals surface area contributed by atoms with E-state index in [0.29, 0.717) is 11.5 Å². The average molecular weight is 229 g/mol. The van der Waals surface area contributed by atoms with Gasteiger partial charge < -0.3 is 9.67 Å². The minimum Gasteiger partial charge on any atom is -0.477 e. The van der Waals surface area contributed by atoms with Crippen molar-refractivity contribution in [2.75, 3.05) is 0 Å². The van der Waals surface area contributed by atoms with Crippen LogP contribution in [0.25, 0.3) is 16.8 Å². The number of hydrogen-bond donors (Lipinski definition) is 1. The summed E-state index contributed by atoms with van der Waals surface area (Å²) < 4.78 is 3.59. The van der Waals surface area contributed by atoms with Crippen LogP contribution in [0.5, 0.6) is 0 Å². The van der Waals surface area contributed by atoms with Gasteiger partial charge in [-0.3, -0.25) is 4.40 Å². The number of aryl methyl sites for hydroxylation is 2. The second-order valence-corrected chi connectivity index (χ2v) is 4.03. The van der Waals surface area contributed by atoms with Gasteiger partial charge in [0, 0.05) is 7.05 Å². The minimum atomic E-state index is -0.952. The summed E-state index contributed by atoms with van der Waals surface area (Å²) >= 11 is 0. The molecular formula is C12H11N3O2. The predicted molar refractivity (Wildman–Crippen MR) is 63.4 cm³/mol. The van der Waals surface area contributed by atoms with Gasteiger partial charge in [0.1, 0.15) is 0 Å². The van der Waals surface area contributed by atoms with Crippen LogP contribution < -0.4 is 0 Å². The van der Waals surface area contributed by atoms with Crippen LogP contribution in [0.2, 0.25) is 0 Å². The number of nitrogens with zero attached hydrogens (tertiary/aromatic N) is 3. The standard InChI is InChI=1S/C12H11N3O2/c1-7-10(11(16)17)15-9-6-4-3-5-8(9)14(2)12(15)13-7/h3-6H,1-2H3,(H,16,17). The van der Waals surface area contributed by atoms with E-state index in [0.717, 1.165) is 11.0 Å². The van der Waals surface area contributed by atoms with E-state index in [1.54, 1.807) is 11.3 Å². The molecule has 0 fully saturated rings. The highest BCUT2D eigenvalue weighted by molar-refractivity contribution is 5.92. The smallest absolute Gasteiger partial charge is 0.354 e. The number of fused-ring (bicyclic) bond motifs is 3. The molecule has 5 heteroatoms. The third kappa shape index (κ3) is 1.13. The van der Waals surface area contributed by atoms with Gasteiger partial charge in [0.2, 0.25) is 5.78 Å². The summed E-state index contributed by atoms with van der Waals surface area (Å²) in [4.78, 5) is 15.6. The molecule has 0 saturated heterocycles. The number of carboxylic acids is 1. The number of imidazole rings is 2. The van der Waals surface area contributed by atoms with Crippen LogP contribution in [-0.2, 0) is 7.05 Å². The molecule has 0 aliphatic rings. The SMILES string of the molecule is Cc1nc2n(C)c3ccccc3n2c1C(=O)O. The first-order valence-corrected chi connectivity index (χ1v) is 5.27. The Bertz CT molecular complexity index is 752. The summed E-state index contributed by atoms with van der Waals surface area (Å²) in [6, 6.07) is 7.67.